The maximum atomic E-state index is 9.70. The van der Waals surface area contributed by atoms with E-state index in [1.54, 1.807) is 19.5 Å². The van der Waals surface area contributed by atoms with Gasteiger partial charge in [-0.15, -0.1) is 0 Å². The number of allylic oxidation sites excluding steroid dienone is 1. The van der Waals surface area contributed by atoms with E-state index in [0.717, 1.165) is 24.0 Å². The van der Waals surface area contributed by atoms with Gasteiger partial charge in [-0.25, -0.2) is 0 Å². The Morgan fingerprint density at radius 1 is 1.56 bits per heavy atom. The van der Waals surface area contributed by atoms with Gasteiger partial charge in [0.2, 0.25) is 0 Å². The first-order chi connectivity index (χ1) is 7.79. The van der Waals surface area contributed by atoms with Crippen LogP contribution in [-0.2, 0) is 17.8 Å². The van der Waals surface area contributed by atoms with E-state index in [-0.39, 0.29) is 5.75 Å². The van der Waals surface area contributed by atoms with Crippen molar-refractivity contribution in [3.63, 3.8) is 0 Å². The number of ether oxygens (including phenoxy) is 1. The molecule has 1 rings (SSSR count). The first-order valence-electron chi connectivity index (χ1n) is 5.04. The van der Waals surface area contributed by atoms with Crippen molar-refractivity contribution < 1.29 is 9.84 Å². The molecule has 86 valence electrons. The molecule has 0 saturated carbocycles. The number of methoxy groups -OCH3 is 1. The second-order valence-corrected chi connectivity index (χ2v) is 3.34. The largest absolute Gasteiger partial charge is 0.506 e. The SMILES string of the molecule is C=N/C=C\CCc1c(O)cncc1COC. The molecule has 4 heteroatoms. The zero-order chi connectivity index (χ0) is 11.8. The Labute approximate surface area is 95.3 Å². The normalized spacial score (nSPS) is 10.8. The monoisotopic (exact) mass is 220 g/mol. The Kier molecular flexibility index (Phi) is 5.22. The molecule has 0 spiro atoms. The van der Waals surface area contributed by atoms with Crippen molar-refractivity contribution in [2.24, 2.45) is 4.99 Å². The summed E-state index contributed by atoms with van der Waals surface area (Å²) in [6.45, 7) is 3.81. The summed E-state index contributed by atoms with van der Waals surface area (Å²) in [5.41, 5.74) is 1.80. The lowest BCUT2D eigenvalue weighted by molar-refractivity contribution is 0.183. The lowest BCUT2D eigenvalue weighted by atomic mass is 10.0. The van der Waals surface area contributed by atoms with Crippen LogP contribution >= 0.6 is 0 Å². The van der Waals surface area contributed by atoms with Crippen molar-refractivity contribution in [1.29, 1.82) is 0 Å². The summed E-state index contributed by atoms with van der Waals surface area (Å²) in [5.74, 6) is 0.217. The second kappa shape index (κ2) is 6.74. The molecule has 0 aliphatic carbocycles. The average Bonchev–Trinajstić information content (AvgIpc) is 2.28. The third-order valence-corrected chi connectivity index (χ3v) is 2.20. The molecule has 0 aliphatic heterocycles. The number of aromatic hydroxyl groups is 1. The number of nitrogens with zero attached hydrogens (tertiary/aromatic N) is 2. The molecule has 0 unspecified atom stereocenters. The van der Waals surface area contributed by atoms with E-state index in [9.17, 15) is 5.11 Å². The highest BCUT2D eigenvalue weighted by Crippen LogP contribution is 2.21. The standard InChI is InChI=1S/C12H16N2O2/c1-13-6-4-3-5-11-10(9-16-2)7-14-8-12(11)15/h4,6-8,15H,1,3,5,9H2,2H3/b6-4-. The molecule has 1 aromatic heterocycles. The van der Waals surface area contributed by atoms with Gasteiger partial charge in [0.15, 0.2) is 0 Å². The first-order valence-corrected chi connectivity index (χ1v) is 5.04. The van der Waals surface area contributed by atoms with Gasteiger partial charge in [0.1, 0.15) is 5.75 Å². The van der Waals surface area contributed by atoms with Crippen LogP contribution in [-0.4, -0.2) is 23.9 Å². The highest BCUT2D eigenvalue weighted by molar-refractivity contribution is 5.36. The number of aromatic nitrogens is 1. The van der Waals surface area contributed by atoms with Crippen LogP contribution in [0, 0.1) is 0 Å². The number of hydrogen-bond donors (Lipinski definition) is 1. The fourth-order valence-corrected chi connectivity index (χ4v) is 1.46. The summed E-state index contributed by atoms with van der Waals surface area (Å²) in [5, 5.41) is 9.70. The molecule has 0 saturated heterocycles. The van der Waals surface area contributed by atoms with E-state index in [0.29, 0.717) is 6.61 Å². The number of aliphatic imine (C=N–C) groups is 1. The molecule has 0 fully saturated rings. The third kappa shape index (κ3) is 3.47. The molecule has 0 bridgehead atoms. The molecule has 0 aromatic carbocycles. The molecule has 4 nitrogen and oxygen atoms in total. The lowest BCUT2D eigenvalue weighted by Crippen LogP contribution is -1.97. The van der Waals surface area contributed by atoms with Crippen LogP contribution in [0.5, 0.6) is 5.75 Å². The molecule has 0 atom stereocenters. The van der Waals surface area contributed by atoms with Gasteiger partial charge in [0, 0.05) is 30.6 Å². The Morgan fingerprint density at radius 2 is 2.38 bits per heavy atom. The van der Waals surface area contributed by atoms with Crippen molar-refractivity contribution in [2.75, 3.05) is 7.11 Å². The van der Waals surface area contributed by atoms with Crippen LogP contribution in [0.3, 0.4) is 0 Å². The smallest absolute Gasteiger partial charge is 0.137 e. The first kappa shape index (κ1) is 12.4. The number of pyridine rings is 1. The van der Waals surface area contributed by atoms with Crippen LogP contribution < -0.4 is 0 Å². The molecule has 1 aromatic rings. The van der Waals surface area contributed by atoms with Gasteiger partial charge in [-0.1, -0.05) is 6.08 Å². The zero-order valence-corrected chi connectivity index (χ0v) is 9.39. The zero-order valence-electron chi connectivity index (χ0n) is 9.39. The minimum Gasteiger partial charge on any atom is -0.506 e. The molecule has 0 radical (unpaired) electrons. The summed E-state index contributed by atoms with van der Waals surface area (Å²) < 4.78 is 5.05. The van der Waals surface area contributed by atoms with Crippen LogP contribution in [0.25, 0.3) is 0 Å². The van der Waals surface area contributed by atoms with E-state index in [2.05, 4.69) is 16.7 Å². The van der Waals surface area contributed by atoms with Crippen molar-refractivity contribution in [1.82, 2.24) is 4.98 Å². The van der Waals surface area contributed by atoms with Gasteiger partial charge < -0.3 is 9.84 Å². The van der Waals surface area contributed by atoms with E-state index in [4.69, 9.17) is 4.74 Å². The fourth-order valence-electron chi connectivity index (χ4n) is 1.46. The molecule has 16 heavy (non-hydrogen) atoms. The number of hydrogen-bond acceptors (Lipinski definition) is 4. The Balaban J connectivity index is 2.75. The Hall–Kier alpha value is -1.68. The predicted octanol–water partition coefficient (Wildman–Crippen LogP) is 2.08. The molecular weight excluding hydrogens is 204 g/mol. The van der Waals surface area contributed by atoms with Gasteiger partial charge in [-0.2, -0.15) is 0 Å². The minimum absolute atomic E-state index is 0.217. The second-order valence-electron chi connectivity index (χ2n) is 3.34. The summed E-state index contributed by atoms with van der Waals surface area (Å²) >= 11 is 0. The van der Waals surface area contributed by atoms with Gasteiger partial charge in [0.05, 0.1) is 12.8 Å². The van der Waals surface area contributed by atoms with E-state index in [1.165, 1.54) is 6.20 Å². The molecule has 1 N–H and O–H groups in total. The third-order valence-electron chi connectivity index (χ3n) is 2.20. The maximum absolute atomic E-state index is 9.70. The molecule has 0 aliphatic rings. The fraction of sp³-hybridized carbons (Fsp3) is 0.333. The lowest BCUT2D eigenvalue weighted by Gasteiger charge is -2.08. The van der Waals surface area contributed by atoms with Crippen LogP contribution in [0.1, 0.15) is 17.5 Å². The molecular formula is C12H16N2O2. The van der Waals surface area contributed by atoms with Crippen molar-refractivity contribution in [2.45, 2.75) is 19.4 Å². The van der Waals surface area contributed by atoms with Gasteiger partial charge in [-0.3, -0.25) is 9.98 Å². The van der Waals surface area contributed by atoms with E-state index >= 15 is 0 Å². The van der Waals surface area contributed by atoms with Gasteiger partial charge >= 0.3 is 0 Å². The Morgan fingerprint density at radius 3 is 3.06 bits per heavy atom. The summed E-state index contributed by atoms with van der Waals surface area (Å²) in [4.78, 5) is 7.55. The molecule has 0 amide bonds. The summed E-state index contributed by atoms with van der Waals surface area (Å²) in [6.07, 6.45) is 8.25. The van der Waals surface area contributed by atoms with Crippen molar-refractivity contribution in [3.05, 3.63) is 35.8 Å². The average molecular weight is 220 g/mol. The maximum Gasteiger partial charge on any atom is 0.137 e. The van der Waals surface area contributed by atoms with Crippen LogP contribution in [0.4, 0.5) is 0 Å². The minimum atomic E-state index is 0.217. The topological polar surface area (TPSA) is 54.7 Å². The summed E-state index contributed by atoms with van der Waals surface area (Å²) in [6, 6.07) is 0. The van der Waals surface area contributed by atoms with Crippen molar-refractivity contribution >= 4 is 6.72 Å². The highest BCUT2D eigenvalue weighted by atomic mass is 16.5. The van der Waals surface area contributed by atoms with Crippen LogP contribution in [0.2, 0.25) is 0 Å². The number of rotatable bonds is 6. The van der Waals surface area contributed by atoms with E-state index < -0.39 is 0 Å². The molecule has 1 heterocycles. The highest BCUT2D eigenvalue weighted by Gasteiger charge is 2.07. The van der Waals surface area contributed by atoms with Crippen molar-refractivity contribution in [3.8, 4) is 5.75 Å². The Bertz CT molecular complexity index is 375. The van der Waals surface area contributed by atoms with E-state index in [1.807, 2.05) is 6.08 Å². The predicted molar refractivity (Wildman–Crippen MR) is 63.6 cm³/mol. The quantitative estimate of drug-likeness (QED) is 0.747. The van der Waals surface area contributed by atoms with Gasteiger partial charge in [-0.05, 0) is 19.6 Å². The van der Waals surface area contributed by atoms with Gasteiger partial charge in [0.25, 0.3) is 0 Å². The van der Waals surface area contributed by atoms with Crippen LogP contribution in [0.15, 0.2) is 29.7 Å². The summed E-state index contributed by atoms with van der Waals surface area (Å²) in [7, 11) is 1.62.